The molecule has 0 heterocycles. The number of nitrogens with two attached hydrogens (primary N) is 1. The van der Waals surface area contributed by atoms with Crippen molar-refractivity contribution in [3.63, 3.8) is 0 Å². The summed E-state index contributed by atoms with van der Waals surface area (Å²) < 4.78 is 27.3. The monoisotopic (exact) mass is 253 g/mol. The van der Waals surface area contributed by atoms with Crippen LogP contribution in [-0.2, 0) is 0 Å². The molecule has 0 radical (unpaired) electrons. The lowest BCUT2D eigenvalue weighted by Gasteiger charge is -2.14. The molecule has 2 aromatic carbocycles. The van der Waals surface area contributed by atoms with Crippen LogP contribution in [0.2, 0.25) is 5.02 Å². The van der Waals surface area contributed by atoms with E-state index in [1.165, 1.54) is 24.3 Å². The van der Waals surface area contributed by atoms with Crippen LogP contribution in [0.25, 0.3) is 0 Å². The van der Waals surface area contributed by atoms with E-state index < -0.39 is 17.7 Å². The largest absolute Gasteiger partial charge is 0.320 e. The highest BCUT2D eigenvalue weighted by Gasteiger charge is 2.17. The molecule has 4 heteroatoms. The summed E-state index contributed by atoms with van der Waals surface area (Å²) in [6.45, 7) is 0. The first-order chi connectivity index (χ1) is 8.11. The standard InChI is InChI=1S/C13H10ClF2N/c14-10-6-3-5-9(12(10)16)13(17)8-4-1-2-7-11(8)15/h1-7,13H,17H2. The average molecular weight is 254 g/mol. The normalized spacial score (nSPS) is 12.5. The quantitative estimate of drug-likeness (QED) is 0.868. The molecule has 0 aliphatic carbocycles. The summed E-state index contributed by atoms with van der Waals surface area (Å²) in [6, 6.07) is 9.67. The molecule has 2 rings (SSSR count). The Morgan fingerprint density at radius 2 is 1.59 bits per heavy atom. The molecule has 1 nitrogen and oxygen atoms in total. The lowest BCUT2D eigenvalue weighted by molar-refractivity contribution is 0.576. The number of rotatable bonds is 2. The SMILES string of the molecule is NC(c1ccccc1F)c1cccc(Cl)c1F. The van der Waals surface area contributed by atoms with Gasteiger partial charge in [-0.05, 0) is 12.1 Å². The maximum Gasteiger partial charge on any atom is 0.146 e. The highest BCUT2D eigenvalue weighted by molar-refractivity contribution is 6.30. The zero-order chi connectivity index (χ0) is 12.4. The van der Waals surface area contributed by atoms with Gasteiger partial charge < -0.3 is 5.73 Å². The Labute approximate surface area is 103 Å². The zero-order valence-electron chi connectivity index (χ0n) is 8.83. The Kier molecular flexibility index (Phi) is 3.41. The summed E-state index contributed by atoms with van der Waals surface area (Å²) in [6.07, 6.45) is 0. The van der Waals surface area contributed by atoms with Crippen molar-refractivity contribution in [1.82, 2.24) is 0 Å². The van der Waals surface area contributed by atoms with Crippen molar-refractivity contribution in [2.24, 2.45) is 5.73 Å². The fourth-order valence-corrected chi connectivity index (χ4v) is 1.84. The number of halogens is 3. The minimum absolute atomic E-state index is 0.0192. The van der Waals surface area contributed by atoms with Gasteiger partial charge in [0, 0.05) is 11.1 Å². The summed E-state index contributed by atoms with van der Waals surface area (Å²) in [5.41, 5.74) is 6.28. The van der Waals surface area contributed by atoms with Crippen LogP contribution in [0.1, 0.15) is 17.2 Å². The molecule has 0 aromatic heterocycles. The molecular weight excluding hydrogens is 244 g/mol. The highest BCUT2D eigenvalue weighted by atomic mass is 35.5. The molecule has 88 valence electrons. The fourth-order valence-electron chi connectivity index (χ4n) is 1.66. The minimum atomic E-state index is -0.866. The van der Waals surface area contributed by atoms with Crippen molar-refractivity contribution in [1.29, 1.82) is 0 Å². The first kappa shape index (κ1) is 12.0. The van der Waals surface area contributed by atoms with Gasteiger partial charge >= 0.3 is 0 Å². The molecular formula is C13H10ClF2N. The molecule has 0 aliphatic heterocycles. The van der Waals surface area contributed by atoms with Crippen LogP contribution in [-0.4, -0.2) is 0 Å². The van der Waals surface area contributed by atoms with Crippen molar-refractivity contribution in [2.75, 3.05) is 0 Å². The van der Waals surface area contributed by atoms with E-state index in [1.54, 1.807) is 18.2 Å². The molecule has 2 aromatic rings. The number of hydrogen-bond acceptors (Lipinski definition) is 1. The first-order valence-electron chi connectivity index (χ1n) is 5.05. The fraction of sp³-hybridized carbons (Fsp3) is 0.0769. The molecule has 0 fully saturated rings. The van der Waals surface area contributed by atoms with Crippen LogP contribution in [0.5, 0.6) is 0 Å². The highest BCUT2D eigenvalue weighted by Crippen LogP contribution is 2.27. The Hall–Kier alpha value is -1.45. The Bertz CT molecular complexity index is 543. The minimum Gasteiger partial charge on any atom is -0.320 e. The summed E-state index contributed by atoms with van der Waals surface area (Å²) in [5.74, 6) is -1.07. The Balaban J connectivity index is 2.48. The molecule has 17 heavy (non-hydrogen) atoms. The van der Waals surface area contributed by atoms with Crippen LogP contribution < -0.4 is 5.73 Å². The smallest absolute Gasteiger partial charge is 0.146 e. The summed E-state index contributed by atoms with van der Waals surface area (Å²) in [5, 5.41) is -0.0192. The lowest BCUT2D eigenvalue weighted by atomic mass is 9.99. The number of hydrogen-bond donors (Lipinski definition) is 1. The first-order valence-corrected chi connectivity index (χ1v) is 5.43. The van der Waals surface area contributed by atoms with Crippen molar-refractivity contribution in [2.45, 2.75) is 6.04 Å². The summed E-state index contributed by atoms with van der Waals surface area (Å²) in [4.78, 5) is 0. The molecule has 0 spiro atoms. The van der Waals surface area contributed by atoms with Crippen LogP contribution in [0.15, 0.2) is 42.5 Å². The van der Waals surface area contributed by atoms with E-state index in [4.69, 9.17) is 17.3 Å². The lowest BCUT2D eigenvalue weighted by Crippen LogP contribution is -2.15. The van der Waals surface area contributed by atoms with Crippen LogP contribution in [0.4, 0.5) is 8.78 Å². The molecule has 0 amide bonds. The third-order valence-corrected chi connectivity index (χ3v) is 2.85. The molecule has 0 bridgehead atoms. The Morgan fingerprint density at radius 1 is 0.941 bits per heavy atom. The van der Waals surface area contributed by atoms with E-state index in [0.717, 1.165) is 0 Å². The van der Waals surface area contributed by atoms with E-state index in [2.05, 4.69) is 0 Å². The molecule has 0 saturated carbocycles. The second-order valence-electron chi connectivity index (χ2n) is 3.64. The Morgan fingerprint density at radius 3 is 2.29 bits per heavy atom. The van der Waals surface area contributed by atoms with Gasteiger partial charge in [-0.25, -0.2) is 8.78 Å². The van der Waals surface area contributed by atoms with E-state index in [-0.39, 0.29) is 16.1 Å². The van der Waals surface area contributed by atoms with Crippen molar-refractivity contribution < 1.29 is 8.78 Å². The van der Waals surface area contributed by atoms with E-state index >= 15 is 0 Å². The van der Waals surface area contributed by atoms with Crippen molar-refractivity contribution >= 4 is 11.6 Å². The van der Waals surface area contributed by atoms with E-state index in [1.807, 2.05) is 0 Å². The van der Waals surface area contributed by atoms with E-state index in [0.29, 0.717) is 0 Å². The number of benzene rings is 2. The average Bonchev–Trinajstić information content (AvgIpc) is 2.32. The van der Waals surface area contributed by atoms with Gasteiger partial charge in [-0.3, -0.25) is 0 Å². The van der Waals surface area contributed by atoms with Crippen molar-refractivity contribution in [3.05, 3.63) is 70.2 Å². The maximum atomic E-state index is 13.7. The van der Waals surface area contributed by atoms with Gasteiger partial charge in [0.15, 0.2) is 0 Å². The predicted molar refractivity (Wildman–Crippen MR) is 63.8 cm³/mol. The molecule has 2 N–H and O–H groups in total. The van der Waals surface area contributed by atoms with Crippen LogP contribution in [0, 0.1) is 11.6 Å². The molecule has 0 aliphatic rings. The second-order valence-corrected chi connectivity index (χ2v) is 4.05. The van der Waals surface area contributed by atoms with Crippen LogP contribution >= 0.6 is 11.6 Å². The van der Waals surface area contributed by atoms with Gasteiger partial charge in [0.05, 0.1) is 11.1 Å². The molecule has 1 unspecified atom stereocenters. The van der Waals surface area contributed by atoms with Gasteiger partial charge in [0.1, 0.15) is 11.6 Å². The maximum absolute atomic E-state index is 13.7. The molecule has 1 atom stereocenters. The van der Waals surface area contributed by atoms with Gasteiger partial charge in [0.2, 0.25) is 0 Å². The third-order valence-electron chi connectivity index (χ3n) is 2.56. The van der Waals surface area contributed by atoms with Gasteiger partial charge in [-0.15, -0.1) is 0 Å². The van der Waals surface area contributed by atoms with E-state index in [9.17, 15) is 8.78 Å². The second kappa shape index (κ2) is 4.82. The zero-order valence-corrected chi connectivity index (χ0v) is 9.59. The predicted octanol–water partition coefficient (Wildman–Crippen LogP) is 3.67. The van der Waals surface area contributed by atoms with Gasteiger partial charge in [-0.1, -0.05) is 41.9 Å². The topological polar surface area (TPSA) is 26.0 Å². The van der Waals surface area contributed by atoms with Gasteiger partial charge in [0.25, 0.3) is 0 Å². The van der Waals surface area contributed by atoms with Gasteiger partial charge in [-0.2, -0.15) is 0 Å². The molecule has 0 saturated heterocycles. The third kappa shape index (κ3) is 2.30. The summed E-state index contributed by atoms with van der Waals surface area (Å²) >= 11 is 5.66. The van der Waals surface area contributed by atoms with Crippen LogP contribution in [0.3, 0.4) is 0 Å². The van der Waals surface area contributed by atoms with Crippen molar-refractivity contribution in [3.8, 4) is 0 Å². The summed E-state index contributed by atoms with van der Waals surface area (Å²) in [7, 11) is 0.